The molecule has 0 fully saturated rings. The van der Waals surface area contributed by atoms with Gasteiger partial charge in [0.1, 0.15) is 0 Å². The second-order valence-electron chi connectivity index (χ2n) is 4.33. The van der Waals surface area contributed by atoms with Crippen LogP contribution in [0.15, 0.2) is 36.9 Å². The van der Waals surface area contributed by atoms with Crippen molar-refractivity contribution in [2.75, 3.05) is 12.8 Å². The maximum Gasteiger partial charge on any atom is 0.215 e. The molecule has 0 saturated carbocycles. The van der Waals surface area contributed by atoms with Crippen molar-refractivity contribution < 1.29 is 4.74 Å². The molecule has 98 valence electrons. The molecule has 0 atom stereocenters. The van der Waals surface area contributed by atoms with Crippen LogP contribution in [0.3, 0.4) is 0 Å². The summed E-state index contributed by atoms with van der Waals surface area (Å²) in [4.78, 5) is 4.19. The lowest BCUT2D eigenvalue weighted by Gasteiger charge is -2.06. The van der Waals surface area contributed by atoms with Crippen molar-refractivity contribution in [3.63, 3.8) is 0 Å². The molecule has 3 heterocycles. The molecule has 0 radical (unpaired) electrons. The number of aryl methyl sites for hydroxylation is 2. The predicted molar refractivity (Wildman–Crippen MR) is 72.9 cm³/mol. The van der Waals surface area contributed by atoms with Crippen molar-refractivity contribution in [1.29, 1.82) is 0 Å². The van der Waals surface area contributed by atoms with E-state index in [1.165, 1.54) is 0 Å². The van der Waals surface area contributed by atoms with Crippen LogP contribution in [0.1, 0.15) is 0 Å². The topological polar surface area (TPSA) is 70.9 Å². The van der Waals surface area contributed by atoms with E-state index in [0.29, 0.717) is 11.6 Å². The van der Waals surface area contributed by atoms with Crippen LogP contribution in [-0.4, -0.2) is 26.4 Å². The van der Waals surface area contributed by atoms with Gasteiger partial charge in [0.05, 0.1) is 31.1 Å². The largest absolute Gasteiger partial charge is 0.481 e. The molecule has 2 N–H and O–H groups in total. The highest BCUT2D eigenvalue weighted by atomic mass is 16.5. The Bertz CT molecular complexity index is 700. The second kappa shape index (κ2) is 4.64. The molecule has 0 aliphatic heterocycles. The quantitative estimate of drug-likeness (QED) is 0.769. The summed E-state index contributed by atoms with van der Waals surface area (Å²) in [5.41, 5.74) is 7.43. The lowest BCUT2D eigenvalue weighted by Crippen LogP contribution is -2.06. The highest BCUT2D eigenvalue weighted by molar-refractivity contribution is 5.80. The number of anilines is 1. The Kier molecular flexibility index (Phi) is 2.83. The maximum absolute atomic E-state index is 5.64. The van der Waals surface area contributed by atoms with Crippen molar-refractivity contribution in [2.45, 2.75) is 13.1 Å². The van der Waals surface area contributed by atoms with Crippen molar-refractivity contribution in [2.24, 2.45) is 0 Å². The lowest BCUT2D eigenvalue weighted by atomic mass is 10.3. The van der Waals surface area contributed by atoms with Crippen LogP contribution in [-0.2, 0) is 13.1 Å². The fourth-order valence-corrected chi connectivity index (χ4v) is 2.08. The Hall–Kier alpha value is -2.50. The number of methoxy groups -OCH3 is 1. The molecule has 0 bridgehead atoms. The number of aromatic nitrogens is 4. The maximum atomic E-state index is 5.64. The molecule has 0 amide bonds. The Morgan fingerprint density at radius 2 is 2.21 bits per heavy atom. The van der Waals surface area contributed by atoms with Crippen molar-refractivity contribution in [3.05, 3.63) is 36.9 Å². The van der Waals surface area contributed by atoms with Gasteiger partial charge in [-0.2, -0.15) is 5.10 Å². The molecule has 3 aromatic heterocycles. The fraction of sp³-hybridized carbons (Fsp3) is 0.231. The van der Waals surface area contributed by atoms with Gasteiger partial charge in [0.15, 0.2) is 0 Å². The van der Waals surface area contributed by atoms with Crippen molar-refractivity contribution >= 4 is 16.6 Å². The molecule has 0 aliphatic carbocycles. The third-order valence-electron chi connectivity index (χ3n) is 3.06. The number of nitrogens with zero attached hydrogens (tertiary/aromatic N) is 4. The Morgan fingerprint density at radius 3 is 2.95 bits per heavy atom. The predicted octanol–water partition coefficient (Wildman–Crippen LogP) is 1.52. The van der Waals surface area contributed by atoms with E-state index < -0.39 is 0 Å². The Balaban J connectivity index is 1.84. The van der Waals surface area contributed by atoms with Gasteiger partial charge in [0, 0.05) is 36.6 Å². The molecular formula is C13H15N5O. The van der Waals surface area contributed by atoms with E-state index in [1.54, 1.807) is 13.3 Å². The number of ether oxygens (including phenoxy) is 1. The van der Waals surface area contributed by atoms with E-state index in [-0.39, 0.29) is 0 Å². The van der Waals surface area contributed by atoms with Gasteiger partial charge in [-0.15, -0.1) is 0 Å². The van der Waals surface area contributed by atoms with Gasteiger partial charge in [-0.05, 0) is 6.07 Å². The minimum Gasteiger partial charge on any atom is -0.481 e. The molecule has 6 nitrogen and oxygen atoms in total. The van der Waals surface area contributed by atoms with Gasteiger partial charge in [0.2, 0.25) is 5.88 Å². The lowest BCUT2D eigenvalue weighted by molar-refractivity contribution is 0.398. The van der Waals surface area contributed by atoms with E-state index in [1.807, 2.05) is 35.4 Å². The Labute approximate surface area is 110 Å². The zero-order valence-electron chi connectivity index (χ0n) is 10.7. The third kappa shape index (κ3) is 2.24. The van der Waals surface area contributed by atoms with Crippen LogP contribution < -0.4 is 10.5 Å². The number of hydrogen-bond donors (Lipinski definition) is 1. The van der Waals surface area contributed by atoms with E-state index >= 15 is 0 Å². The molecule has 3 rings (SSSR count). The van der Waals surface area contributed by atoms with Gasteiger partial charge in [-0.25, -0.2) is 4.98 Å². The molecule has 6 heteroatoms. The minimum atomic E-state index is 0.621. The number of hydrogen-bond acceptors (Lipinski definition) is 4. The van der Waals surface area contributed by atoms with Gasteiger partial charge < -0.3 is 15.0 Å². The summed E-state index contributed by atoms with van der Waals surface area (Å²) >= 11 is 0. The number of fused-ring (bicyclic) bond motifs is 1. The normalized spacial score (nSPS) is 11.0. The molecular weight excluding hydrogens is 242 g/mol. The van der Waals surface area contributed by atoms with Crippen LogP contribution in [0.2, 0.25) is 0 Å². The summed E-state index contributed by atoms with van der Waals surface area (Å²) in [5, 5.41) is 5.27. The first-order valence-corrected chi connectivity index (χ1v) is 6.03. The van der Waals surface area contributed by atoms with E-state index in [0.717, 1.165) is 24.0 Å². The average Bonchev–Trinajstić information content (AvgIpc) is 3.02. The highest BCUT2D eigenvalue weighted by Gasteiger charge is 2.04. The van der Waals surface area contributed by atoms with Crippen LogP contribution >= 0.6 is 0 Å². The summed E-state index contributed by atoms with van der Waals surface area (Å²) in [5.74, 6) is 0.621. The average molecular weight is 257 g/mol. The monoisotopic (exact) mass is 257 g/mol. The third-order valence-corrected chi connectivity index (χ3v) is 3.06. The molecule has 0 aromatic carbocycles. The first-order valence-electron chi connectivity index (χ1n) is 6.03. The van der Waals surface area contributed by atoms with Crippen LogP contribution in [0.25, 0.3) is 10.9 Å². The number of nitrogens with two attached hydrogens (primary N) is 1. The SMILES string of the molecule is COc1cc2c(ccn2CCn2cc(N)cn2)cn1. The zero-order chi connectivity index (χ0) is 13.2. The van der Waals surface area contributed by atoms with Crippen LogP contribution in [0, 0.1) is 0 Å². The number of pyridine rings is 1. The first kappa shape index (κ1) is 11.6. The van der Waals surface area contributed by atoms with Crippen molar-refractivity contribution in [1.82, 2.24) is 19.3 Å². The summed E-state index contributed by atoms with van der Waals surface area (Å²) in [6, 6.07) is 3.98. The summed E-state index contributed by atoms with van der Waals surface area (Å²) in [6.45, 7) is 1.59. The smallest absolute Gasteiger partial charge is 0.215 e. The Morgan fingerprint density at radius 1 is 1.32 bits per heavy atom. The first-order chi connectivity index (χ1) is 9.26. The summed E-state index contributed by atoms with van der Waals surface area (Å²) in [6.07, 6.45) is 7.34. The standard InChI is InChI=1S/C13H15N5O/c1-19-13-6-12-10(7-15-13)2-3-17(12)4-5-18-9-11(14)8-16-18/h2-3,6-9H,4-5,14H2,1H3. The van der Waals surface area contributed by atoms with E-state index in [2.05, 4.69) is 14.6 Å². The van der Waals surface area contributed by atoms with Gasteiger partial charge in [0.25, 0.3) is 0 Å². The molecule has 0 unspecified atom stereocenters. The van der Waals surface area contributed by atoms with Gasteiger partial charge in [-0.1, -0.05) is 0 Å². The molecule has 0 aliphatic rings. The number of nitrogen functional groups attached to an aromatic ring is 1. The minimum absolute atomic E-state index is 0.621. The number of rotatable bonds is 4. The fourth-order valence-electron chi connectivity index (χ4n) is 2.08. The molecule has 19 heavy (non-hydrogen) atoms. The molecule has 0 saturated heterocycles. The van der Waals surface area contributed by atoms with E-state index in [4.69, 9.17) is 10.5 Å². The van der Waals surface area contributed by atoms with Crippen LogP contribution in [0.5, 0.6) is 5.88 Å². The van der Waals surface area contributed by atoms with Gasteiger partial charge in [-0.3, -0.25) is 4.68 Å². The molecule has 0 spiro atoms. The van der Waals surface area contributed by atoms with E-state index in [9.17, 15) is 0 Å². The summed E-state index contributed by atoms with van der Waals surface area (Å²) in [7, 11) is 1.62. The second-order valence-corrected chi connectivity index (χ2v) is 4.33. The van der Waals surface area contributed by atoms with Crippen LogP contribution in [0.4, 0.5) is 5.69 Å². The molecule has 3 aromatic rings. The van der Waals surface area contributed by atoms with Gasteiger partial charge >= 0.3 is 0 Å². The highest BCUT2D eigenvalue weighted by Crippen LogP contribution is 2.19. The summed E-state index contributed by atoms with van der Waals surface area (Å²) < 4.78 is 9.14. The van der Waals surface area contributed by atoms with Crippen molar-refractivity contribution in [3.8, 4) is 5.88 Å². The zero-order valence-corrected chi connectivity index (χ0v) is 10.7.